The number of esters is 3. The number of hydrogen-bond acceptors (Lipinski definition) is 6. The van der Waals surface area contributed by atoms with Crippen LogP contribution >= 0.6 is 0 Å². The Morgan fingerprint density at radius 1 is 0.266 bits per heavy atom. The van der Waals surface area contributed by atoms with Crippen LogP contribution in [-0.4, -0.2) is 37.2 Å². The molecule has 0 bridgehead atoms. The van der Waals surface area contributed by atoms with Crippen molar-refractivity contribution in [2.75, 3.05) is 13.2 Å². The van der Waals surface area contributed by atoms with Crippen molar-refractivity contribution in [2.24, 2.45) is 0 Å². The minimum absolute atomic E-state index is 0.0883. The Morgan fingerprint density at radius 2 is 0.494 bits per heavy atom. The molecule has 0 aliphatic rings. The molecule has 0 rings (SSSR count). The number of rotatable bonds is 60. The largest absolute Gasteiger partial charge is 0.462 e. The lowest BCUT2D eigenvalue weighted by Gasteiger charge is -2.18. The number of carbonyl (C=O) groups is 3. The predicted molar refractivity (Wildman–Crippen MR) is 343 cm³/mol. The lowest BCUT2D eigenvalue weighted by molar-refractivity contribution is -0.167. The Labute approximate surface area is 489 Å². The minimum atomic E-state index is -0.795. The van der Waals surface area contributed by atoms with Crippen molar-refractivity contribution < 1.29 is 28.6 Å². The molecule has 6 nitrogen and oxygen atoms in total. The number of allylic oxidation sites excluding steroid dienone is 18. The monoisotopic (exact) mass is 1100 g/mol. The minimum Gasteiger partial charge on any atom is -0.462 e. The van der Waals surface area contributed by atoms with Gasteiger partial charge in [0.25, 0.3) is 0 Å². The Balaban J connectivity index is 4.29. The highest BCUT2D eigenvalue weighted by Crippen LogP contribution is 2.17. The van der Waals surface area contributed by atoms with E-state index in [0.717, 1.165) is 122 Å². The first kappa shape index (κ1) is 75.1. The third kappa shape index (κ3) is 64.8. The van der Waals surface area contributed by atoms with Gasteiger partial charge >= 0.3 is 17.9 Å². The van der Waals surface area contributed by atoms with Gasteiger partial charge in [-0.05, 0) is 103 Å². The number of hydrogen-bond donors (Lipinski definition) is 0. The molecule has 0 spiro atoms. The molecule has 0 radical (unpaired) electrons. The van der Waals surface area contributed by atoms with Crippen molar-refractivity contribution >= 4 is 17.9 Å². The summed E-state index contributed by atoms with van der Waals surface area (Å²) in [5.74, 6) is -0.909. The van der Waals surface area contributed by atoms with E-state index in [1.165, 1.54) is 154 Å². The van der Waals surface area contributed by atoms with E-state index in [1.54, 1.807) is 0 Å². The normalized spacial score (nSPS) is 12.8. The van der Waals surface area contributed by atoms with E-state index in [2.05, 4.69) is 130 Å². The second-order valence-electron chi connectivity index (χ2n) is 22.0. The molecule has 1 unspecified atom stereocenters. The van der Waals surface area contributed by atoms with E-state index < -0.39 is 6.10 Å². The average Bonchev–Trinajstić information content (AvgIpc) is 3.45. The average molecular weight is 1100 g/mol. The molecule has 0 saturated heterocycles. The highest BCUT2D eigenvalue weighted by Gasteiger charge is 2.19. The summed E-state index contributed by atoms with van der Waals surface area (Å²) in [5, 5.41) is 0. The first-order valence-corrected chi connectivity index (χ1v) is 33.4. The first-order chi connectivity index (χ1) is 39.0. The summed E-state index contributed by atoms with van der Waals surface area (Å²) >= 11 is 0. The molecule has 0 aliphatic carbocycles. The third-order valence-corrected chi connectivity index (χ3v) is 14.3. The van der Waals surface area contributed by atoms with E-state index in [9.17, 15) is 14.4 Å². The predicted octanol–water partition coefficient (Wildman–Crippen LogP) is 23.0. The molecule has 6 heteroatoms. The second-order valence-corrected chi connectivity index (χ2v) is 22.0. The van der Waals surface area contributed by atoms with Gasteiger partial charge in [0.2, 0.25) is 0 Å². The molecule has 0 fully saturated rings. The molecule has 0 aromatic rings. The summed E-state index contributed by atoms with van der Waals surface area (Å²) in [6.45, 7) is 6.42. The third-order valence-electron chi connectivity index (χ3n) is 14.3. The summed E-state index contributed by atoms with van der Waals surface area (Å²) in [5.41, 5.74) is 0. The molecular weight excluding hydrogens is 973 g/mol. The highest BCUT2D eigenvalue weighted by atomic mass is 16.6. The van der Waals surface area contributed by atoms with Gasteiger partial charge < -0.3 is 14.2 Å². The summed E-state index contributed by atoms with van der Waals surface area (Å²) in [6.07, 6.45) is 91.1. The Morgan fingerprint density at radius 3 is 0.785 bits per heavy atom. The second kappa shape index (κ2) is 66.6. The Hall–Kier alpha value is -3.93. The number of unbranched alkanes of at least 4 members (excludes halogenated alkanes) is 31. The van der Waals surface area contributed by atoms with Crippen LogP contribution in [0.2, 0.25) is 0 Å². The molecule has 0 heterocycles. The zero-order valence-corrected chi connectivity index (χ0v) is 51.9. The zero-order valence-electron chi connectivity index (χ0n) is 51.9. The Bertz CT molecular complexity index is 1590. The number of ether oxygens (including phenoxy) is 3. The summed E-state index contributed by atoms with van der Waals surface area (Å²) in [4.78, 5) is 38.3. The van der Waals surface area contributed by atoms with Crippen molar-refractivity contribution in [2.45, 2.75) is 322 Å². The molecule has 1 atom stereocenters. The standard InChI is InChI=1S/C73H124O6/c1-4-7-10-13-16-19-22-25-27-29-31-32-33-34-35-36-37-38-39-40-42-43-45-48-51-54-57-60-63-66-72(75)78-69-70(68-77-71(74)65-62-59-56-53-50-47-24-21-18-15-12-9-6-3)79-73(76)67-64-61-58-55-52-49-46-44-41-30-28-26-23-20-17-14-11-8-5-2/h7-8,10-11,16-17,19-20,25-28,31-32,41,44,49,52,70H,4-6,9,12-15,18,21-24,29-30,33-40,42-43,45-48,50-51,53-69H2,1-3H3/b10-7-,11-8-,19-16-,20-17-,27-25-,28-26-,32-31-,44-41-,52-49-. The van der Waals surface area contributed by atoms with Crippen molar-refractivity contribution in [3.05, 3.63) is 109 Å². The van der Waals surface area contributed by atoms with Crippen LogP contribution in [0.1, 0.15) is 316 Å². The zero-order chi connectivity index (χ0) is 57.1. The van der Waals surface area contributed by atoms with E-state index in [4.69, 9.17) is 14.2 Å². The first-order valence-electron chi connectivity index (χ1n) is 33.4. The van der Waals surface area contributed by atoms with Gasteiger partial charge in [0.05, 0.1) is 0 Å². The van der Waals surface area contributed by atoms with E-state index in [-0.39, 0.29) is 37.5 Å². The molecule has 452 valence electrons. The van der Waals surface area contributed by atoms with Crippen LogP contribution in [0, 0.1) is 0 Å². The van der Waals surface area contributed by atoms with E-state index in [0.29, 0.717) is 12.8 Å². The van der Waals surface area contributed by atoms with Crippen LogP contribution in [0.25, 0.3) is 0 Å². The van der Waals surface area contributed by atoms with Crippen LogP contribution in [0.5, 0.6) is 0 Å². The molecule has 0 amide bonds. The van der Waals surface area contributed by atoms with Crippen molar-refractivity contribution in [1.82, 2.24) is 0 Å². The van der Waals surface area contributed by atoms with Crippen molar-refractivity contribution in [1.29, 1.82) is 0 Å². The smallest absolute Gasteiger partial charge is 0.306 e. The van der Waals surface area contributed by atoms with Crippen molar-refractivity contribution in [3.63, 3.8) is 0 Å². The quantitative estimate of drug-likeness (QED) is 0.0261. The molecular formula is C73H124O6. The fourth-order valence-electron chi connectivity index (χ4n) is 9.35. The fourth-order valence-corrected chi connectivity index (χ4v) is 9.35. The van der Waals surface area contributed by atoms with Gasteiger partial charge in [0.1, 0.15) is 13.2 Å². The summed E-state index contributed by atoms with van der Waals surface area (Å²) < 4.78 is 16.9. The molecule has 0 aliphatic heterocycles. The topological polar surface area (TPSA) is 78.9 Å². The summed E-state index contributed by atoms with van der Waals surface area (Å²) in [7, 11) is 0. The van der Waals surface area contributed by atoms with Gasteiger partial charge in [-0.25, -0.2) is 0 Å². The van der Waals surface area contributed by atoms with Gasteiger partial charge in [-0.15, -0.1) is 0 Å². The maximum atomic E-state index is 12.9. The summed E-state index contributed by atoms with van der Waals surface area (Å²) in [6, 6.07) is 0. The van der Waals surface area contributed by atoms with Crippen LogP contribution in [0.3, 0.4) is 0 Å². The van der Waals surface area contributed by atoms with Crippen LogP contribution in [-0.2, 0) is 28.6 Å². The fraction of sp³-hybridized carbons (Fsp3) is 0.712. The maximum absolute atomic E-state index is 12.9. The Kier molecular flexibility index (Phi) is 63.3. The maximum Gasteiger partial charge on any atom is 0.306 e. The lowest BCUT2D eigenvalue weighted by atomic mass is 10.0. The molecule has 0 N–H and O–H groups in total. The van der Waals surface area contributed by atoms with E-state index in [1.807, 2.05) is 0 Å². The van der Waals surface area contributed by atoms with Gasteiger partial charge in [0, 0.05) is 19.3 Å². The van der Waals surface area contributed by atoms with E-state index >= 15 is 0 Å². The SMILES string of the molecule is CC/C=C\C/C=C\C/C=C\C/C=C\C/C=C\CCCCCC(=O)OC(COC(=O)CCCCCCCCCCCCCCC)COC(=O)CCCCCCCCCCCCCCCCCC/C=C\C/C=C\C/C=C\C/C=C\CC. The molecule has 0 aromatic carbocycles. The lowest BCUT2D eigenvalue weighted by Crippen LogP contribution is -2.30. The van der Waals surface area contributed by atoms with Crippen LogP contribution < -0.4 is 0 Å². The van der Waals surface area contributed by atoms with Gasteiger partial charge in [-0.1, -0.05) is 304 Å². The highest BCUT2D eigenvalue weighted by molar-refractivity contribution is 5.71. The molecule has 0 aromatic heterocycles. The van der Waals surface area contributed by atoms with Gasteiger partial charge in [0.15, 0.2) is 6.10 Å². The molecule has 79 heavy (non-hydrogen) atoms. The van der Waals surface area contributed by atoms with Crippen molar-refractivity contribution in [3.8, 4) is 0 Å². The van der Waals surface area contributed by atoms with Gasteiger partial charge in [-0.2, -0.15) is 0 Å². The van der Waals surface area contributed by atoms with Crippen LogP contribution in [0.4, 0.5) is 0 Å². The van der Waals surface area contributed by atoms with Crippen LogP contribution in [0.15, 0.2) is 109 Å². The van der Waals surface area contributed by atoms with Gasteiger partial charge in [-0.3, -0.25) is 14.4 Å². The molecule has 0 saturated carbocycles. The number of carbonyl (C=O) groups excluding carboxylic acids is 3.